The summed E-state index contributed by atoms with van der Waals surface area (Å²) in [4.78, 5) is 3.90. The Morgan fingerprint density at radius 3 is 2.47 bits per heavy atom. The van der Waals surface area contributed by atoms with Gasteiger partial charge in [-0.3, -0.25) is 4.98 Å². The van der Waals surface area contributed by atoms with Gasteiger partial charge in [-0.2, -0.15) is 0 Å². The molecule has 0 bridgehead atoms. The van der Waals surface area contributed by atoms with Crippen LogP contribution in [0.3, 0.4) is 0 Å². The molecule has 0 fully saturated rings. The van der Waals surface area contributed by atoms with Crippen LogP contribution in [-0.2, 0) is 12.0 Å². The number of nitrogens with zero attached hydrogens (tertiary/aromatic N) is 1. The third-order valence-electron chi connectivity index (χ3n) is 3.23. The van der Waals surface area contributed by atoms with E-state index in [1.807, 2.05) is 0 Å². The van der Waals surface area contributed by atoms with Gasteiger partial charge in [-0.15, -0.1) is 0 Å². The van der Waals surface area contributed by atoms with Crippen LogP contribution in [0.5, 0.6) is 0 Å². The second-order valence-corrected chi connectivity index (χ2v) is 4.51. The summed E-state index contributed by atoms with van der Waals surface area (Å²) in [6.45, 7) is 1.78. The minimum absolute atomic E-state index is 0.106. The van der Waals surface area contributed by atoms with E-state index >= 15 is 0 Å². The maximum atomic E-state index is 13.6. The number of rotatable bonds is 4. The Morgan fingerprint density at radius 2 is 1.89 bits per heavy atom. The zero-order chi connectivity index (χ0) is 13.9. The lowest BCUT2D eigenvalue weighted by atomic mass is 9.88. The maximum Gasteiger partial charge on any atom is 0.141 e. The highest BCUT2D eigenvalue weighted by Gasteiger charge is 2.30. The van der Waals surface area contributed by atoms with E-state index in [4.69, 9.17) is 0 Å². The Bertz CT molecular complexity index is 556. The topological polar surface area (TPSA) is 33.1 Å². The second-order valence-electron chi connectivity index (χ2n) is 4.51. The van der Waals surface area contributed by atoms with Crippen molar-refractivity contribution in [2.24, 2.45) is 0 Å². The van der Waals surface area contributed by atoms with Gasteiger partial charge in [0, 0.05) is 6.42 Å². The van der Waals surface area contributed by atoms with Crippen molar-refractivity contribution in [3.63, 3.8) is 0 Å². The van der Waals surface area contributed by atoms with E-state index in [-0.39, 0.29) is 12.2 Å². The van der Waals surface area contributed by atoms with Crippen molar-refractivity contribution in [3.05, 3.63) is 65.5 Å². The fourth-order valence-electron chi connectivity index (χ4n) is 2.00. The molecular weight excluding hydrogens is 248 g/mol. The van der Waals surface area contributed by atoms with Crippen LogP contribution in [0, 0.1) is 11.6 Å². The summed E-state index contributed by atoms with van der Waals surface area (Å²) >= 11 is 0. The molecule has 0 radical (unpaired) electrons. The van der Waals surface area contributed by atoms with Crippen molar-refractivity contribution >= 4 is 0 Å². The molecule has 1 aromatic carbocycles. The van der Waals surface area contributed by atoms with E-state index in [1.54, 1.807) is 25.1 Å². The van der Waals surface area contributed by atoms with E-state index < -0.39 is 11.4 Å². The first-order valence-electron chi connectivity index (χ1n) is 6.13. The Labute approximate surface area is 110 Å². The summed E-state index contributed by atoms with van der Waals surface area (Å²) in [6, 6.07) is 8.96. The second kappa shape index (κ2) is 5.45. The molecule has 0 saturated carbocycles. The lowest BCUT2D eigenvalue weighted by Crippen LogP contribution is -2.29. The van der Waals surface area contributed by atoms with Gasteiger partial charge in [-0.25, -0.2) is 8.78 Å². The smallest absolute Gasteiger partial charge is 0.141 e. The molecule has 0 aliphatic heterocycles. The van der Waals surface area contributed by atoms with Gasteiger partial charge >= 0.3 is 0 Å². The van der Waals surface area contributed by atoms with Crippen LogP contribution in [0.2, 0.25) is 0 Å². The Morgan fingerprint density at radius 1 is 1.16 bits per heavy atom. The first-order valence-corrected chi connectivity index (χ1v) is 6.13. The van der Waals surface area contributed by atoms with Gasteiger partial charge in [0.05, 0.1) is 11.9 Å². The fourth-order valence-corrected chi connectivity index (χ4v) is 2.00. The predicted octanol–water partition coefficient (Wildman–Crippen LogP) is 3.20. The zero-order valence-electron chi connectivity index (χ0n) is 10.6. The quantitative estimate of drug-likeness (QED) is 0.919. The van der Waals surface area contributed by atoms with E-state index in [2.05, 4.69) is 4.98 Å². The fraction of sp³-hybridized carbons (Fsp3) is 0.267. The SMILES string of the molecule is CCC(O)(Cc1ccccc1F)c1ccc(F)cn1. The molecule has 0 amide bonds. The van der Waals surface area contributed by atoms with Gasteiger partial charge in [0.1, 0.15) is 17.2 Å². The molecule has 1 heterocycles. The van der Waals surface area contributed by atoms with Crippen molar-refractivity contribution < 1.29 is 13.9 Å². The van der Waals surface area contributed by atoms with Crippen molar-refractivity contribution in [1.29, 1.82) is 0 Å². The van der Waals surface area contributed by atoms with Gasteiger partial charge in [-0.1, -0.05) is 25.1 Å². The van der Waals surface area contributed by atoms with Crippen LogP contribution in [-0.4, -0.2) is 10.1 Å². The molecular formula is C15H15F2NO. The Kier molecular flexibility index (Phi) is 3.90. The average Bonchev–Trinajstić information content (AvgIpc) is 2.42. The molecule has 1 atom stereocenters. The molecule has 2 aromatic rings. The molecule has 2 nitrogen and oxygen atoms in total. The first kappa shape index (κ1) is 13.6. The van der Waals surface area contributed by atoms with E-state index in [0.29, 0.717) is 17.7 Å². The molecule has 100 valence electrons. The highest BCUT2D eigenvalue weighted by molar-refractivity contribution is 5.23. The molecule has 19 heavy (non-hydrogen) atoms. The average molecular weight is 263 g/mol. The first-order chi connectivity index (χ1) is 9.05. The summed E-state index contributed by atoms with van der Waals surface area (Å²) in [7, 11) is 0. The number of pyridine rings is 1. The number of aliphatic hydroxyl groups is 1. The monoisotopic (exact) mass is 263 g/mol. The molecule has 4 heteroatoms. The highest BCUT2D eigenvalue weighted by Crippen LogP contribution is 2.28. The van der Waals surface area contributed by atoms with E-state index in [1.165, 1.54) is 18.2 Å². The van der Waals surface area contributed by atoms with Crippen LogP contribution in [0.4, 0.5) is 8.78 Å². The third-order valence-corrected chi connectivity index (χ3v) is 3.23. The minimum Gasteiger partial charge on any atom is -0.383 e. The number of hydrogen-bond acceptors (Lipinski definition) is 2. The third kappa shape index (κ3) is 2.96. The lowest BCUT2D eigenvalue weighted by Gasteiger charge is -2.26. The van der Waals surface area contributed by atoms with Crippen molar-refractivity contribution in [2.45, 2.75) is 25.4 Å². The van der Waals surface area contributed by atoms with E-state index in [0.717, 1.165) is 6.20 Å². The van der Waals surface area contributed by atoms with Crippen LogP contribution >= 0.6 is 0 Å². The summed E-state index contributed by atoms with van der Waals surface area (Å²) in [5.41, 5.74) is -0.534. The molecule has 0 aliphatic carbocycles. The normalized spacial score (nSPS) is 14.1. The van der Waals surface area contributed by atoms with Crippen molar-refractivity contribution in [3.8, 4) is 0 Å². The van der Waals surface area contributed by atoms with Gasteiger partial charge < -0.3 is 5.11 Å². The number of hydrogen-bond donors (Lipinski definition) is 1. The summed E-state index contributed by atoms with van der Waals surface area (Å²) < 4.78 is 26.5. The predicted molar refractivity (Wildman–Crippen MR) is 68.5 cm³/mol. The molecule has 1 unspecified atom stereocenters. The van der Waals surface area contributed by atoms with Gasteiger partial charge in [0.2, 0.25) is 0 Å². The van der Waals surface area contributed by atoms with Crippen LogP contribution in [0.25, 0.3) is 0 Å². The minimum atomic E-state index is -1.30. The molecule has 1 N–H and O–H groups in total. The van der Waals surface area contributed by atoms with Crippen LogP contribution in [0.1, 0.15) is 24.6 Å². The standard InChI is InChI=1S/C15H15F2NO/c1-2-15(19,14-8-7-12(16)10-18-14)9-11-5-3-4-6-13(11)17/h3-8,10,19H,2,9H2,1H3. The van der Waals surface area contributed by atoms with Crippen LogP contribution < -0.4 is 0 Å². The van der Waals surface area contributed by atoms with Gasteiger partial charge in [-0.05, 0) is 30.2 Å². The molecule has 0 aliphatic rings. The number of halogens is 2. The maximum absolute atomic E-state index is 13.6. The molecule has 0 spiro atoms. The Balaban J connectivity index is 2.33. The Hall–Kier alpha value is -1.81. The van der Waals surface area contributed by atoms with Crippen molar-refractivity contribution in [1.82, 2.24) is 4.98 Å². The number of aromatic nitrogens is 1. The van der Waals surface area contributed by atoms with Crippen LogP contribution in [0.15, 0.2) is 42.6 Å². The molecule has 1 aromatic heterocycles. The van der Waals surface area contributed by atoms with E-state index in [9.17, 15) is 13.9 Å². The summed E-state index contributed by atoms with van der Waals surface area (Å²) in [5.74, 6) is -0.829. The van der Waals surface area contributed by atoms with Gasteiger partial charge in [0.25, 0.3) is 0 Å². The summed E-state index contributed by atoms with van der Waals surface area (Å²) in [5, 5.41) is 10.6. The number of benzene rings is 1. The summed E-state index contributed by atoms with van der Waals surface area (Å²) in [6.07, 6.45) is 1.52. The largest absolute Gasteiger partial charge is 0.383 e. The molecule has 0 saturated heterocycles. The van der Waals surface area contributed by atoms with Gasteiger partial charge in [0.15, 0.2) is 0 Å². The van der Waals surface area contributed by atoms with Crippen molar-refractivity contribution in [2.75, 3.05) is 0 Å². The highest BCUT2D eigenvalue weighted by atomic mass is 19.1. The lowest BCUT2D eigenvalue weighted by molar-refractivity contribution is 0.0274. The zero-order valence-corrected chi connectivity index (χ0v) is 10.6. The molecule has 2 rings (SSSR count).